The first kappa shape index (κ1) is 18.7. The summed E-state index contributed by atoms with van der Waals surface area (Å²) in [5.74, 6) is -0.304. The molecule has 2 N–H and O–H groups in total. The number of anilines is 1. The van der Waals surface area contributed by atoms with Crippen molar-refractivity contribution >= 4 is 28.0 Å². The fourth-order valence-corrected chi connectivity index (χ4v) is 5.60. The van der Waals surface area contributed by atoms with E-state index < -0.39 is 11.6 Å². The second-order valence-corrected chi connectivity index (χ2v) is 9.34. The van der Waals surface area contributed by atoms with Gasteiger partial charge in [0, 0.05) is 28.7 Å². The highest BCUT2D eigenvalue weighted by atomic mass is 16.5. The third kappa shape index (κ3) is 2.39. The van der Waals surface area contributed by atoms with Crippen LogP contribution in [-0.4, -0.2) is 34.4 Å². The van der Waals surface area contributed by atoms with Crippen LogP contribution in [-0.2, 0) is 4.74 Å². The second kappa shape index (κ2) is 6.02. The van der Waals surface area contributed by atoms with Crippen molar-refractivity contribution in [2.24, 2.45) is 0 Å². The molecule has 6 rings (SSSR count). The number of benzene rings is 3. The molecule has 5 nitrogen and oxygen atoms in total. The summed E-state index contributed by atoms with van der Waals surface area (Å²) in [6, 6.07) is 13.2. The summed E-state index contributed by atoms with van der Waals surface area (Å²) in [6.45, 7) is 5.82. The van der Waals surface area contributed by atoms with E-state index in [0.29, 0.717) is 34.4 Å². The molecule has 1 unspecified atom stereocenters. The van der Waals surface area contributed by atoms with E-state index in [2.05, 4.69) is 5.32 Å². The summed E-state index contributed by atoms with van der Waals surface area (Å²) in [7, 11) is 0. The van der Waals surface area contributed by atoms with Crippen molar-refractivity contribution in [1.29, 1.82) is 0 Å². The third-order valence-corrected chi connectivity index (χ3v) is 7.20. The van der Waals surface area contributed by atoms with Crippen molar-refractivity contribution in [3.8, 4) is 0 Å². The van der Waals surface area contributed by atoms with Crippen LogP contribution < -0.4 is 5.32 Å². The summed E-state index contributed by atoms with van der Waals surface area (Å²) < 4.78 is 6.07. The van der Waals surface area contributed by atoms with E-state index >= 15 is 0 Å². The molecule has 2 aliphatic heterocycles. The maximum Gasteiger partial charge on any atom is 0.196 e. The highest BCUT2D eigenvalue weighted by Crippen LogP contribution is 2.49. The Balaban J connectivity index is 1.59. The molecule has 3 aliphatic rings. The van der Waals surface area contributed by atoms with Gasteiger partial charge in [-0.15, -0.1) is 0 Å². The largest absolute Gasteiger partial charge is 0.388 e. The minimum absolute atomic E-state index is 0.139. The third-order valence-electron chi connectivity index (χ3n) is 7.20. The molecule has 1 aliphatic carbocycles. The number of ether oxygens (including phenoxy) is 1. The molecule has 5 heteroatoms. The number of ketones is 2. The van der Waals surface area contributed by atoms with Crippen molar-refractivity contribution < 1.29 is 19.4 Å². The Morgan fingerprint density at radius 2 is 1.74 bits per heavy atom. The van der Waals surface area contributed by atoms with Gasteiger partial charge in [0.15, 0.2) is 11.6 Å². The van der Waals surface area contributed by atoms with E-state index in [9.17, 15) is 14.7 Å². The van der Waals surface area contributed by atoms with Crippen LogP contribution in [0.15, 0.2) is 42.5 Å². The van der Waals surface area contributed by atoms with Gasteiger partial charge in [-0.3, -0.25) is 9.59 Å². The quantitative estimate of drug-likeness (QED) is 0.449. The average Bonchev–Trinajstić information content (AvgIpc) is 2.74. The van der Waals surface area contributed by atoms with Crippen LogP contribution in [0.3, 0.4) is 0 Å². The number of nitrogens with one attached hydrogen (secondary N) is 1. The Morgan fingerprint density at radius 3 is 2.55 bits per heavy atom. The first-order valence-electron chi connectivity index (χ1n) is 10.7. The molecule has 3 aromatic carbocycles. The number of aliphatic hydroxyl groups is 1. The molecular formula is C26H23NO4. The highest BCUT2D eigenvalue weighted by Gasteiger charge is 2.50. The number of hydrogen-bond acceptors (Lipinski definition) is 5. The van der Waals surface area contributed by atoms with Gasteiger partial charge in [0.1, 0.15) is 6.10 Å². The maximum atomic E-state index is 13.7. The molecule has 2 bridgehead atoms. The number of carbonyl (C=O) groups excluding carboxylic acids is 2. The SMILES string of the molecule is Cc1ccc2c3c(ccc2c1)C(=O)c1c(ccc2c1N[C@]1(C)C[C@H]2O[C@H](C)C1O)C3=O. The van der Waals surface area contributed by atoms with Crippen LogP contribution in [0.5, 0.6) is 0 Å². The van der Waals surface area contributed by atoms with Crippen LogP contribution >= 0.6 is 0 Å². The first-order chi connectivity index (χ1) is 14.8. The van der Waals surface area contributed by atoms with Crippen molar-refractivity contribution in [2.45, 2.75) is 51.0 Å². The van der Waals surface area contributed by atoms with Crippen molar-refractivity contribution in [2.75, 3.05) is 5.32 Å². The van der Waals surface area contributed by atoms with E-state index in [-0.39, 0.29) is 23.8 Å². The van der Waals surface area contributed by atoms with Gasteiger partial charge in [-0.25, -0.2) is 0 Å². The van der Waals surface area contributed by atoms with Gasteiger partial charge in [-0.2, -0.15) is 0 Å². The molecule has 0 spiro atoms. The van der Waals surface area contributed by atoms with Gasteiger partial charge in [0.05, 0.1) is 29.0 Å². The predicted molar refractivity (Wildman–Crippen MR) is 118 cm³/mol. The average molecular weight is 413 g/mol. The summed E-state index contributed by atoms with van der Waals surface area (Å²) in [4.78, 5) is 27.3. The minimum Gasteiger partial charge on any atom is -0.388 e. The minimum atomic E-state index is -0.721. The van der Waals surface area contributed by atoms with Gasteiger partial charge in [-0.05, 0) is 43.7 Å². The lowest BCUT2D eigenvalue weighted by atomic mass is 9.73. The topological polar surface area (TPSA) is 75.6 Å². The molecule has 0 radical (unpaired) electrons. The lowest BCUT2D eigenvalue weighted by molar-refractivity contribution is -0.142. The van der Waals surface area contributed by atoms with Crippen LogP contribution in [0.1, 0.15) is 69.3 Å². The molecular weight excluding hydrogens is 390 g/mol. The fraction of sp³-hybridized carbons (Fsp3) is 0.308. The Labute approximate surface area is 180 Å². The molecule has 3 aromatic rings. The summed E-state index contributed by atoms with van der Waals surface area (Å²) >= 11 is 0. The number of rotatable bonds is 0. The summed E-state index contributed by atoms with van der Waals surface area (Å²) in [5.41, 5.74) is 3.67. The van der Waals surface area contributed by atoms with Crippen LogP contribution in [0, 0.1) is 6.92 Å². The Bertz CT molecular complexity index is 1330. The highest BCUT2D eigenvalue weighted by molar-refractivity contribution is 6.33. The van der Waals surface area contributed by atoms with Gasteiger partial charge in [0.2, 0.25) is 0 Å². The van der Waals surface area contributed by atoms with Gasteiger partial charge in [0.25, 0.3) is 0 Å². The van der Waals surface area contributed by atoms with E-state index in [1.54, 1.807) is 12.1 Å². The normalized spacial score (nSPS) is 28.6. The molecule has 156 valence electrons. The molecule has 0 aromatic heterocycles. The van der Waals surface area contributed by atoms with E-state index in [4.69, 9.17) is 4.74 Å². The molecule has 0 amide bonds. The summed E-state index contributed by atoms with van der Waals surface area (Å²) in [6.07, 6.45) is -0.670. The zero-order valence-corrected chi connectivity index (χ0v) is 17.7. The van der Waals surface area contributed by atoms with Crippen LogP contribution in [0.25, 0.3) is 10.8 Å². The zero-order chi connectivity index (χ0) is 21.7. The monoisotopic (exact) mass is 413 g/mol. The van der Waals surface area contributed by atoms with Gasteiger partial charge < -0.3 is 15.2 Å². The molecule has 0 saturated carbocycles. The van der Waals surface area contributed by atoms with Crippen molar-refractivity contribution in [1.82, 2.24) is 0 Å². The zero-order valence-electron chi connectivity index (χ0n) is 17.7. The molecule has 2 heterocycles. The van der Waals surface area contributed by atoms with Gasteiger partial charge in [-0.1, -0.05) is 35.9 Å². The molecule has 4 atom stereocenters. The molecule has 1 fully saturated rings. The van der Waals surface area contributed by atoms with Crippen molar-refractivity contribution in [3.63, 3.8) is 0 Å². The lowest BCUT2D eigenvalue weighted by Crippen LogP contribution is -2.59. The second-order valence-electron chi connectivity index (χ2n) is 9.34. The Morgan fingerprint density at radius 1 is 1.03 bits per heavy atom. The number of aliphatic hydroxyl groups excluding tert-OH is 1. The van der Waals surface area contributed by atoms with E-state index in [1.807, 2.05) is 51.1 Å². The fourth-order valence-electron chi connectivity index (χ4n) is 5.60. The lowest BCUT2D eigenvalue weighted by Gasteiger charge is -2.51. The summed E-state index contributed by atoms with van der Waals surface area (Å²) in [5, 5.41) is 15.9. The van der Waals surface area contributed by atoms with E-state index in [1.165, 1.54) is 0 Å². The predicted octanol–water partition coefficient (Wildman–Crippen LogP) is 4.32. The Hall–Kier alpha value is -3.02. The number of fused-ring (bicyclic) bond motifs is 9. The van der Waals surface area contributed by atoms with Crippen LogP contribution in [0.2, 0.25) is 0 Å². The smallest absolute Gasteiger partial charge is 0.196 e. The maximum absolute atomic E-state index is 13.7. The molecule has 31 heavy (non-hydrogen) atoms. The van der Waals surface area contributed by atoms with Gasteiger partial charge >= 0.3 is 0 Å². The standard InChI is InChI=1S/C26H23NO4/c1-12-4-6-15-14(10-12)5-7-17-20(15)23(28)18-9-8-16-19-11-26(3,25(30)13(2)31-19)27-22(16)21(18)24(17)29/h4-10,13,19,25,27,30H,11H2,1-3H3/t13-,19-,25?,26-/m1/s1. The van der Waals surface area contributed by atoms with Crippen molar-refractivity contribution in [3.05, 3.63) is 75.8 Å². The number of aryl methyl sites for hydroxylation is 1. The number of hydrogen-bond donors (Lipinski definition) is 2. The molecule has 1 saturated heterocycles. The first-order valence-corrected chi connectivity index (χ1v) is 10.7. The van der Waals surface area contributed by atoms with E-state index in [0.717, 1.165) is 21.9 Å². The number of carbonyl (C=O) groups is 2. The Kier molecular flexibility index (Phi) is 3.64. The van der Waals surface area contributed by atoms with Crippen LogP contribution in [0.4, 0.5) is 5.69 Å².